The lowest BCUT2D eigenvalue weighted by Gasteiger charge is -2.29. The van der Waals surface area contributed by atoms with Crippen LogP contribution in [0.1, 0.15) is 40.5 Å². The van der Waals surface area contributed by atoms with E-state index in [1.54, 1.807) is 20.8 Å². The molecule has 1 aliphatic rings. The molecule has 2 atom stereocenters. The number of nitrogens with zero attached hydrogens (tertiary/aromatic N) is 1. The summed E-state index contributed by atoms with van der Waals surface area (Å²) in [4.78, 5) is 25.1. The molecule has 0 aromatic rings. The summed E-state index contributed by atoms with van der Waals surface area (Å²) in [7, 11) is 0. The summed E-state index contributed by atoms with van der Waals surface area (Å²) in [5, 5.41) is 1.90. The maximum absolute atomic E-state index is 12.5. The number of amides is 2. The fourth-order valence-corrected chi connectivity index (χ4v) is 1.97. The summed E-state index contributed by atoms with van der Waals surface area (Å²) in [6.07, 6.45) is -4.31. The van der Waals surface area contributed by atoms with E-state index in [1.807, 2.05) is 5.32 Å². The molecule has 0 spiro atoms. The number of rotatable bonds is 2. The van der Waals surface area contributed by atoms with Gasteiger partial charge in [-0.05, 0) is 40.5 Å². The van der Waals surface area contributed by atoms with Gasteiger partial charge in [0, 0.05) is 6.54 Å². The molecule has 1 N–H and O–H groups in total. The van der Waals surface area contributed by atoms with Crippen molar-refractivity contribution in [3.05, 3.63) is 0 Å². The number of nitrogens with one attached hydrogen (secondary N) is 1. The predicted molar refractivity (Wildman–Crippen MR) is 69.6 cm³/mol. The number of alkyl halides is 3. The highest BCUT2D eigenvalue weighted by Gasteiger charge is 2.41. The SMILES string of the molecule is CC(NC(=O)[C@@H]1CCCN1C(=O)OC(C)(C)C)C(F)(F)F. The Hall–Kier alpha value is -1.47. The lowest BCUT2D eigenvalue weighted by Crippen LogP contribution is -2.52. The molecule has 0 aliphatic carbocycles. The van der Waals surface area contributed by atoms with E-state index in [9.17, 15) is 22.8 Å². The number of hydrogen-bond acceptors (Lipinski definition) is 3. The Balaban J connectivity index is 2.69. The molecule has 0 bridgehead atoms. The van der Waals surface area contributed by atoms with Crippen molar-refractivity contribution in [1.29, 1.82) is 0 Å². The van der Waals surface area contributed by atoms with E-state index in [1.165, 1.54) is 4.90 Å². The Morgan fingerprint density at radius 1 is 1.29 bits per heavy atom. The van der Waals surface area contributed by atoms with Gasteiger partial charge in [0.1, 0.15) is 17.7 Å². The standard InChI is InChI=1S/C13H21F3N2O3/c1-8(13(14,15)16)17-10(19)9-6-5-7-18(9)11(20)21-12(2,3)4/h8-9H,5-7H2,1-4H3,(H,17,19)/t8?,9-/m0/s1. The second-order valence-corrected chi connectivity index (χ2v) is 6.10. The number of halogens is 3. The van der Waals surface area contributed by atoms with Crippen molar-refractivity contribution in [1.82, 2.24) is 10.2 Å². The molecule has 8 heteroatoms. The number of carbonyl (C=O) groups is 2. The van der Waals surface area contributed by atoms with E-state index in [2.05, 4.69) is 0 Å². The third kappa shape index (κ3) is 5.09. The Labute approximate surface area is 121 Å². The van der Waals surface area contributed by atoms with Gasteiger partial charge in [-0.2, -0.15) is 13.2 Å². The molecule has 1 saturated heterocycles. The molecule has 21 heavy (non-hydrogen) atoms. The van der Waals surface area contributed by atoms with Crippen molar-refractivity contribution in [3.63, 3.8) is 0 Å². The van der Waals surface area contributed by atoms with Crippen molar-refractivity contribution < 1.29 is 27.5 Å². The number of likely N-dealkylation sites (tertiary alicyclic amines) is 1. The van der Waals surface area contributed by atoms with Gasteiger partial charge in [-0.3, -0.25) is 9.69 Å². The minimum atomic E-state index is -4.51. The van der Waals surface area contributed by atoms with Crippen LogP contribution in [0.25, 0.3) is 0 Å². The highest BCUT2D eigenvalue weighted by Crippen LogP contribution is 2.23. The molecule has 1 rings (SSSR count). The van der Waals surface area contributed by atoms with Crippen molar-refractivity contribution in [2.24, 2.45) is 0 Å². The largest absolute Gasteiger partial charge is 0.444 e. The van der Waals surface area contributed by atoms with Crippen molar-refractivity contribution in [2.45, 2.75) is 64.4 Å². The minimum Gasteiger partial charge on any atom is -0.444 e. The van der Waals surface area contributed by atoms with Gasteiger partial charge in [0.05, 0.1) is 0 Å². The molecule has 0 aromatic carbocycles. The maximum Gasteiger partial charge on any atom is 0.410 e. The smallest absolute Gasteiger partial charge is 0.410 e. The van der Waals surface area contributed by atoms with Crippen LogP contribution < -0.4 is 5.32 Å². The summed E-state index contributed by atoms with van der Waals surface area (Å²) in [6, 6.07) is -2.87. The molecule has 0 saturated carbocycles. The van der Waals surface area contributed by atoms with Gasteiger partial charge in [0.15, 0.2) is 0 Å². The van der Waals surface area contributed by atoms with E-state index in [4.69, 9.17) is 4.74 Å². The topological polar surface area (TPSA) is 58.6 Å². The lowest BCUT2D eigenvalue weighted by atomic mass is 10.2. The van der Waals surface area contributed by atoms with Gasteiger partial charge in [0.25, 0.3) is 0 Å². The van der Waals surface area contributed by atoms with Gasteiger partial charge < -0.3 is 10.1 Å². The second kappa shape index (κ2) is 6.11. The lowest BCUT2D eigenvalue weighted by molar-refractivity contribution is -0.159. The van der Waals surface area contributed by atoms with Crippen LogP contribution >= 0.6 is 0 Å². The predicted octanol–water partition coefficient (Wildman–Crippen LogP) is 2.45. The highest BCUT2D eigenvalue weighted by molar-refractivity contribution is 5.86. The van der Waals surface area contributed by atoms with Gasteiger partial charge in [-0.25, -0.2) is 4.79 Å². The van der Waals surface area contributed by atoms with E-state index in [0.29, 0.717) is 19.4 Å². The summed E-state index contributed by atoms with van der Waals surface area (Å²) < 4.78 is 42.5. The Morgan fingerprint density at radius 2 is 1.86 bits per heavy atom. The molecule has 1 heterocycles. The van der Waals surface area contributed by atoms with E-state index < -0.39 is 35.9 Å². The van der Waals surface area contributed by atoms with Crippen LogP contribution in [0.2, 0.25) is 0 Å². The Kier molecular flexibility index (Phi) is 5.11. The van der Waals surface area contributed by atoms with Gasteiger partial charge in [-0.15, -0.1) is 0 Å². The molecule has 5 nitrogen and oxygen atoms in total. The van der Waals surface area contributed by atoms with E-state index in [0.717, 1.165) is 6.92 Å². The van der Waals surface area contributed by atoms with Gasteiger partial charge >= 0.3 is 12.3 Å². The first-order chi connectivity index (χ1) is 9.42. The van der Waals surface area contributed by atoms with Crippen LogP contribution in [0.3, 0.4) is 0 Å². The number of ether oxygens (including phenoxy) is 1. The van der Waals surface area contributed by atoms with Crippen LogP contribution in [0, 0.1) is 0 Å². The fraction of sp³-hybridized carbons (Fsp3) is 0.846. The molecular weight excluding hydrogens is 289 g/mol. The Morgan fingerprint density at radius 3 is 2.33 bits per heavy atom. The molecule has 2 amide bonds. The average molecular weight is 310 g/mol. The van der Waals surface area contributed by atoms with Crippen LogP contribution in [0.15, 0.2) is 0 Å². The van der Waals surface area contributed by atoms with Crippen molar-refractivity contribution in [2.75, 3.05) is 6.54 Å². The first-order valence-corrected chi connectivity index (χ1v) is 6.78. The summed E-state index contributed by atoms with van der Waals surface area (Å²) in [5.41, 5.74) is -0.722. The summed E-state index contributed by atoms with van der Waals surface area (Å²) in [5.74, 6) is -0.803. The molecule has 1 fully saturated rings. The molecule has 1 aliphatic heterocycles. The molecular formula is C13H21F3N2O3. The molecule has 1 unspecified atom stereocenters. The third-order valence-corrected chi connectivity index (χ3v) is 3.03. The first kappa shape index (κ1) is 17.6. The number of hydrogen-bond donors (Lipinski definition) is 1. The molecule has 0 aromatic heterocycles. The monoisotopic (exact) mass is 310 g/mol. The van der Waals surface area contributed by atoms with Crippen LogP contribution in [-0.4, -0.2) is 47.3 Å². The molecule has 122 valence electrons. The summed E-state index contributed by atoms with van der Waals surface area (Å²) in [6.45, 7) is 6.21. The fourth-order valence-electron chi connectivity index (χ4n) is 1.97. The summed E-state index contributed by atoms with van der Waals surface area (Å²) >= 11 is 0. The zero-order chi connectivity index (χ0) is 16.4. The van der Waals surface area contributed by atoms with Crippen molar-refractivity contribution in [3.8, 4) is 0 Å². The third-order valence-electron chi connectivity index (χ3n) is 3.03. The highest BCUT2D eigenvalue weighted by atomic mass is 19.4. The van der Waals surface area contributed by atoms with Gasteiger partial charge in [0.2, 0.25) is 5.91 Å². The van der Waals surface area contributed by atoms with Gasteiger partial charge in [-0.1, -0.05) is 0 Å². The van der Waals surface area contributed by atoms with Crippen molar-refractivity contribution >= 4 is 12.0 Å². The Bertz CT molecular complexity index is 404. The quantitative estimate of drug-likeness (QED) is 0.852. The minimum absolute atomic E-state index is 0.299. The zero-order valence-electron chi connectivity index (χ0n) is 12.6. The first-order valence-electron chi connectivity index (χ1n) is 6.78. The zero-order valence-corrected chi connectivity index (χ0v) is 12.6. The van der Waals surface area contributed by atoms with Crippen LogP contribution in [0.4, 0.5) is 18.0 Å². The van der Waals surface area contributed by atoms with E-state index in [-0.39, 0.29) is 0 Å². The van der Waals surface area contributed by atoms with E-state index >= 15 is 0 Å². The van der Waals surface area contributed by atoms with Crippen LogP contribution in [-0.2, 0) is 9.53 Å². The van der Waals surface area contributed by atoms with Crippen LogP contribution in [0.5, 0.6) is 0 Å². The normalized spacial score (nSPS) is 21.1. The maximum atomic E-state index is 12.5. The average Bonchev–Trinajstić information content (AvgIpc) is 2.73. The second-order valence-electron chi connectivity index (χ2n) is 6.10. The molecule has 0 radical (unpaired) electrons. The number of carbonyl (C=O) groups excluding carboxylic acids is 2.